The van der Waals surface area contributed by atoms with Crippen LogP contribution in [-0.2, 0) is 9.53 Å². The highest BCUT2D eigenvalue weighted by Gasteiger charge is 2.24. The van der Waals surface area contributed by atoms with E-state index < -0.39 is 17.9 Å². The first-order valence-electron chi connectivity index (χ1n) is 12.3. The zero-order chi connectivity index (χ0) is 27.8. The Bertz CT molecular complexity index is 1320. The summed E-state index contributed by atoms with van der Waals surface area (Å²) in [5.41, 5.74) is 1.96. The number of hydrogen-bond donors (Lipinski definition) is 3. The molecule has 0 aliphatic carbocycles. The van der Waals surface area contributed by atoms with Gasteiger partial charge in [-0.05, 0) is 47.7 Å². The molecule has 0 saturated carbocycles. The molecule has 11 nitrogen and oxygen atoms in total. The van der Waals surface area contributed by atoms with Crippen LogP contribution in [0.4, 0.5) is 16.2 Å². The first kappa shape index (κ1) is 27.6. The normalized spacial score (nSPS) is 14.2. The van der Waals surface area contributed by atoms with E-state index in [1.807, 2.05) is 0 Å². The molecule has 3 heterocycles. The number of carbonyl (C=O) groups is 4. The molecule has 0 radical (unpaired) electrons. The molecule has 4 rings (SSSR count). The van der Waals surface area contributed by atoms with E-state index in [4.69, 9.17) is 4.74 Å². The van der Waals surface area contributed by atoms with Crippen LogP contribution in [-0.4, -0.2) is 72.2 Å². The summed E-state index contributed by atoms with van der Waals surface area (Å²) in [5.74, 6) is -1.87. The van der Waals surface area contributed by atoms with Crippen LogP contribution in [0.2, 0.25) is 0 Å². The number of methoxy groups -OCH3 is 1. The third kappa shape index (κ3) is 7.11. The van der Waals surface area contributed by atoms with E-state index in [9.17, 15) is 24.3 Å². The lowest BCUT2D eigenvalue weighted by atomic mass is 10.0. The van der Waals surface area contributed by atoms with Gasteiger partial charge in [0.25, 0.3) is 11.8 Å². The molecule has 1 aliphatic heterocycles. The molecule has 1 fully saturated rings. The van der Waals surface area contributed by atoms with E-state index in [0.29, 0.717) is 54.4 Å². The van der Waals surface area contributed by atoms with Crippen molar-refractivity contribution < 1.29 is 29.0 Å². The zero-order valence-corrected chi connectivity index (χ0v) is 22.1. The van der Waals surface area contributed by atoms with Gasteiger partial charge in [-0.15, -0.1) is 11.3 Å². The Morgan fingerprint density at radius 1 is 1.08 bits per heavy atom. The molecule has 1 unspecified atom stereocenters. The number of carboxylic acid groups (broad SMARTS) is 1. The molecule has 1 aromatic carbocycles. The van der Waals surface area contributed by atoms with E-state index >= 15 is 0 Å². The lowest BCUT2D eigenvalue weighted by molar-refractivity contribution is -0.137. The topological polar surface area (TPSA) is 141 Å². The molecule has 3 N–H and O–H groups in total. The van der Waals surface area contributed by atoms with E-state index in [1.165, 1.54) is 24.6 Å². The number of aliphatic carboxylic acids is 1. The molecule has 204 valence electrons. The fourth-order valence-electron chi connectivity index (χ4n) is 4.37. The molecule has 0 spiro atoms. The van der Waals surface area contributed by atoms with Crippen LogP contribution in [0, 0.1) is 0 Å². The third-order valence-corrected chi connectivity index (χ3v) is 7.16. The molecule has 1 aliphatic rings. The van der Waals surface area contributed by atoms with Gasteiger partial charge in [0.15, 0.2) is 0 Å². The summed E-state index contributed by atoms with van der Waals surface area (Å²) in [6.07, 6.45) is 3.07. The molecule has 3 aromatic rings. The van der Waals surface area contributed by atoms with Gasteiger partial charge in [0.05, 0.1) is 35.8 Å². The van der Waals surface area contributed by atoms with Crippen LogP contribution >= 0.6 is 11.3 Å². The highest BCUT2D eigenvalue weighted by atomic mass is 32.1. The van der Waals surface area contributed by atoms with Crippen LogP contribution in [0.5, 0.6) is 0 Å². The van der Waals surface area contributed by atoms with Crippen LogP contribution in [0.15, 0.2) is 60.2 Å². The predicted molar refractivity (Wildman–Crippen MR) is 146 cm³/mol. The number of pyridine rings is 1. The van der Waals surface area contributed by atoms with Gasteiger partial charge in [0, 0.05) is 44.1 Å². The Labute approximate surface area is 229 Å². The summed E-state index contributed by atoms with van der Waals surface area (Å²) in [6, 6.07) is 11.0. The minimum absolute atomic E-state index is 0.255. The average Bonchev–Trinajstić information content (AvgIpc) is 3.38. The number of thiophene rings is 1. The third-order valence-electron chi connectivity index (χ3n) is 6.29. The van der Waals surface area contributed by atoms with Gasteiger partial charge in [0.1, 0.15) is 0 Å². The van der Waals surface area contributed by atoms with Gasteiger partial charge in [-0.25, -0.2) is 4.79 Å². The lowest BCUT2D eigenvalue weighted by Gasteiger charge is -2.26. The van der Waals surface area contributed by atoms with E-state index in [2.05, 4.69) is 20.5 Å². The second-order valence-electron chi connectivity index (χ2n) is 8.87. The van der Waals surface area contributed by atoms with Gasteiger partial charge in [-0.1, -0.05) is 12.1 Å². The number of aromatic nitrogens is 1. The quantitative estimate of drug-likeness (QED) is 0.386. The van der Waals surface area contributed by atoms with Crippen LogP contribution in [0.1, 0.15) is 44.5 Å². The molecule has 1 atom stereocenters. The van der Waals surface area contributed by atoms with Gasteiger partial charge < -0.3 is 30.3 Å². The van der Waals surface area contributed by atoms with Crippen molar-refractivity contribution in [3.05, 3.63) is 76.2 Å². The number of carboxylic acids is 1. The summed E-state index contributed by atoms with van der Waals surface area (Å²) >= 11 is 1.30. The maximum Gasteiger partial charge on any atom is 0.409 e. The Hall–Kier alpha value is -4.45. The van der Waals surface area contributed by atoms with E-state index in [0.717, 1.165) is 0 Å². The van der Waals surface area contributed by atoms with Crippen LogP contribution in [0.3, 0.4) is 0 Å². The first-order chi connectivity index (χ1) is 18.9. The van der Waals surface area contributed by atoms with Crippen molar-refractivity contribution in [2.75, 3.05) is 43.5 Å². The Morgan fingerprint density at radius 3 is 2.62 bits per heavy atom. The first-order valence-corrected chi connectivity index (χ1v) is 13.2. The van der Waals surface area contributed by atoms with Crippen molar-refractivity contribution in [1.29, 1.82) is 0 Å². The standard InChI is InChI=1S/C27H29N5O6S/c1-38-27(37)32-11-4-10-31(12-13-32)22-8-7-18(15-21(22)30-26(36)23-6-3-14-39-23)25(35)29-20(16-24(33)34)19-5-2-9-28-17-19/h2-3,5-9,14-15,17,20H,4,10-13,16H2,1H3,(H,29,35)(H,30,36)(H,33,34). The maximum absolute atomic E-state index is 13.3. The molecule has 39 heavy (non-hydrogen) atoms. The monoisotopic (exact) mass is 551 g/mol. The highest BCUT2D eigenvalue weighted by molar-refractivity contribution is 7.12. The van der Waals surface area contributed by atoms with Crippen LogP contribution < -0.4 is 15.5 Å². The van der Waals surface area contributed by atoms with Crippen LogP contribution in [0.25, 0.3) is 0 Å². The van der Waals surface area contributed by atoms with Gasteiger partial charge in [0.2, 0.25) is 0 Å². The SMILES string of the molecule is COC(=O)N1CCCN(c2ccc(C(=O)NC(CC(=O)O)c3cccnc3)cc2NC(=O)c2cccs2)CC1. The summed E-state index contributed by atoms with van der Waals surface area (Å²) in [6.45, 7) is 2.11. The summed E-state index contributed by atoms with van der Waals surface area (Å²) in [7, 11) is 1.35. The predicted octanol–water partition coefficient (Wildman–Crippen LogP) is 3.62. The van der Waals surface area contributed by atoms with E-state index in [1.54, 1.807) is 58.9 Å². The molecule has 3 amide bonds. The fourth-order valence-corrected chi connectivity index (χ4v) is 4.98. The number of ether oxygens (including phenoxy) is 1. The molecule has 2 aromatic heterocycles. The minimum atomic E-state index is -1.06. The van der Waals surface area contributed by atoms with Gasteiger partial charge >= 0.3 is 12.1 Å². The minimum Gasteiger partial charge on any atom is -0.481 e. The summed E-state index contributed by atoms with van der Waals surface area (Å²) in [5, 5.41) is 16.9. The van der Waals surface area contributed by atoms with Crippen molar-refractivity contribution in [3.63, 3.8) is 0 Å². The molecule has 12 heteroatoms. The van der Waals surface area contributed by atoms with Gasteiger partial charge in [-0.3, -0.25) is 19.4 Å². The Kier molecular flexibility index (Phi) is 9.10. The zero-order valence-electron chi connectivity index (χ0n) is 21.3. The van der Waals surface area contributed by atoms with Crippen molar-refractivity contribution in [3.8, 4) is 0 Å². The average molecular weight is 552 g/mol. The molecule has 1 saturated heterocycles. The van der Waals surface area contributed by atoms with E-state index in [-0.39, 0.29) is 24.0 Å². The van der Waals surface area contributed by atoms with Crippen molar-refractivity contribution in [2.45, 2.75) is 18.9 Å². The number of amides is 3. The molecular formula is C27H29N5O6S. The van der Waals surface area contributed by atoms with Crippen molar-refractivity contribution in [1.82, 2.24) is 15.2 Å². The largest absolute Gasteiger partial charge is 0.481 e. The number of nitrogens with one attached hydrogen (secondary N) is 2. The Morgan fingerprint density at radius 2 is 1.92 bits per heavy atom. The second kappa shape index (κ2) is 12.9. The van der Waals surface area contributed by atoms with Crippen molar-refractivity contribution >= 4 is 46.6 Å². The highest BCUT2D eigenvalue weighted by Crippen LogP contribution is 2.30. The number of carbonyl (C=O) groups excluding carboxylic acids is 3. The van der Waals surface area contributed by atoms with Crippen molar-refractivity contribution in [2.24, 2.45) is 0 Å². The number of anilines is 2. The second-order valence-corrected chi connectivity index (χ2v) is 9.82. The summed E-state index contributed by atoms with van der Waals surface area (Å²) < 4.78 is 4.86. The Balaban J connectivity index is 1.61. The maximum atomic E-state index is 13.3. The number of benzene rings is 1. The summed E-state index contributed by atoms with van der Waals surface area (Å²) in [4.78, 5) is 57.9. The fraction of sp³-hybridized carbons (Fsp3) is 0.296. The number of nitrogens with zero attached hydrogens (tertiary/aromatic N) is 3. The molecule has 0 bridgehead atoms. The van der Waals surface area contributed by atoms with Gasteiger partial charge in [-0.2, -0.15) is 0 Å². The molecular weight excluding hydrogens is 522 g/mol. The lowest BCUT2D eigenvalue weighted by Crippen LogP contribution is -2.35. The number of hydrogen-bond acceptors (Lipinski definition) is 8. The number of rotatable bonds is 8. The smallest absolute Gasteiger partial charge is 0.409 e.